The van der Waals surface area contributed by atoms with Gasteiger partial charge in [-0.1, -0.05) is 61.7 Å². The van der Waals surface area contributed by atoms with Crippen LogP contribution in [0, 0.1) is 11.6 Å². The van der Waals surface area contributed by atoms with Gasteiger partial charge in [0.25, 0.3) is 5.92 Å². The molecule has 0 spiro atoms. The van der Waals surface area contributed by atoms with Crippen LogP contribution in [0.5, 0.6) is 0 Å². The molecule has 0 saturated carbocycles. The maximum absolute atomic E-state index is 15.0. The summed E-state index contributed by atoms with van der Waals surface area (Å²) in [4.78, 5) is 4.68. The number of nitrogens with one attached hydrogen (secondary N) is 1. The zero-order chi connectivity index (χ0) is 27.0. The average Bonchev–Trinajstić information content (AvgIpc) is 3.33. The van der Waals surface area contributed by atoms with E-state index in [9.17, 15) is 8.78 Å². The van der Waals surface area contributed by atoms with Gasteiger partial charge in [0.1, 0.15) is 11.6 Å². The molecule has 5 rings (SSSR count). The van der Waals surface area contributed by atoms with Crippen LogP contribution in [0.1, 0.15) is 24.4 Å². The number of alkyl halides is 2. The Balaban J connectivity index is 1.77. The van der Waals surface area contributed by atoms with Crippen LogP contribution in [0.4, 0.5) is 17.6 Å². The smallest absolute Gasteiger partial charge is 0.292 e. The zero-order valence-electron chi connectivity index (χ0n) is 20.5. The number of benzene rings is 3. The highest BCUT2D eigenvalue weighted by atomic mass is 19.3. The largest absolute Gasteiger partial charge is 0.301 e. The van der Waals surface area contributed by atoms with Gasteiger partial charge in [0.2, 0.25) is 0 Å². The quantitative estimate of drug-likeness (QED) is 0.239. The second-order valence-corrected chi connectivity index (χ2v) is 9.21. The van der Waals surface area contributed by atoms with E-state index in [2.05, 4.69) is 30.1 Å². The summed E-state index contributed by atoms with van der Waals surface area (Å²) in [6, 6.07) is 18.7. The van der Waals surface area contributed by atoms with Crippen LogP contribution < -0.4 is 16.0 Å². The molecule has 7 heteroatoms. The fourth-order valence-electron chi connectivity index (χ4n) is 4.90. The Kier molecular flexibility index (Phi) is 6.53. The lowest BCUT2D eigenvalue weighted by atomic mass is 9.95. The molecule has 0 amide bonds. The normalized spacial score (nSPS) is 16.9. The number of nitrogens with zero attached hydrogens (tertiary/aromatic N) is 2. The summed E-state index contributed by atoms with van der Waals surface area (Å²) < 4.78 is 57.6. The second-order valence-electron chi connectivity index (χ2n) is 9.21. The first-order chi connectivity index (χ1) is 18.2. The van der Waals surface area contributed by atoms with E-state index in [0.29, 0.717) is 27.3 Å². The Morgan fingerprint density at radius 3 is 2.29 bits per heavy atom. The van der Waals surface area contributed by atoms with Gasteiger partial charge in [-0.3, -0.25) is 5.01 Å². The molecule has 0 aliphatic carbocycles. The summed E-state index contributed by atoms with van der Waals surface area (Å²) in [5.74, 6) is -4.07. The third-order valence-electron chi connectivity index (χ3n) is 6.74. The van der Waals surface area contributed by atoms with Gasteiger partial charge in [-0.25, -0.2) is 13.8 Å². The van der Waals surface area contributed by atoms with Gasteiger partial charge in [0.05, 0.1) is 22.6 Å². The molecule has 1 fully saturated rings. The van der Waals surface area contributed by atoms with E-state index >= 15 is 8.78 Å². The molecule has 3 nitrogen and oxygen atoms in total. The molecule has 1 aromatic heterocycles. The molecule has 4 aromatic rings. The molecule has 1 N–H and O–H groups in total. The number of hydrogen-bond acceptors (Lipinski definition) is 3. The Labute approximate surface area is 217 Å². The first-order valence-electron chi connectivity index (χ1n) is 12.1. The average molecular weight is 516 g/mol. The maximum Gasteiger partial charge on any atom is 0.292 e. The number of aromatic nitrogens is 1. The predicted octanol–water partition coefficient (Wildman–Crippen LogP) is 6.38. The van der Waals surface area contributed by atoms with Crippen LogP contribution in [0.3, 0.4) is 0 Å². The van der Waals surface area contributed by atoms with Gasteiger partial charge in [-0.05, 0) is 41.5 Å². The molecule has 0 bridgehead atoms. The fraction of sp³-hybridized carbons (Fsp3) is 0.129. The molecule has 3 aromatic carbocycles. The van der Waals surface area contributed by atoms with Crippen molar-refractivity contribution in [3.05, 3.63) is 125 Å². The number of hydrogen-bond donors (Lipinski definition) is 1. The summed E-state index contributed by atoms with van der Waals surface area (Å²) in [5.41, 5.74) is 6.12. The van der Waals surface area contributed by atoms with E-state index < -0.39 is 29.9 Å². The number of allylic oxidation sites excluding steroid dienone is 2. The molecule has 2 heterocycles. The van der Waals surface area contributed by atoms with Gasteiger partial charge < -0.3 is 5.43 Å². The number of hydrazine groups is 1. The van der Waals surface area contributed by atoms with E-state index in [-0.39, 0.29) is 12.2 Å². The summed E-state index contributed by atoms with van der Waals surface area (Å²) in [5, 5.41) is 3.21. The van der Waals surface area contributed by atoms with Gasteiger partial charge in [0, 0.05) is 34.7 Å². The number of rotatable bonds is 6. The van der Waals surface area contributed by atoms with Gasteiger partial charge >= 0.3 is 0 Å². The third-order valence-corrected chi connectivity index (χ3v) is 6.74. The second kappa shape index (κ2) is 9.82. The SMILES string of the molecule is C=CCC(F)(F)C(=C)N1NC(=c2c(-c3ccc(F)cc3)c3ccccc3nc2=C)CC1c1ccc(F)cc1. The Morgan fingerprint density at radius 1 is 1.00 bits per heavy atom. The zero-order valence-corrected chi connectivity index (χ0v) is 20.5. The van der Waals surface area contributed by atoms with Crippen molar-refractivity contribution in [1.29, 1.82) is 0 Å². The molecular formula is C31H25F4N3. The van der Waals surface area contributed by atoms with Crippen molar-refractivity contribution in [2.24, 2.45) is 0 Å². The van der Waals surface area contributed by atoms with Crippen molar-refractivity contribution in [2.45, 2.75) is 24.8 Å². The Bertz CT molecular complexity index is 1640. The van der Waals surface area contributed by atoms with Crippen molar-refractivity contribution >= 4 is 23.2 Å². The Morgan fingerprint density at radius 2 is 1.63 bits per heavy atom. The molecule has 1 unspecified atom stereocenters. The minimum atomic E-state index is -3.27. The van der Waals surface area contributed by atoms with E-state index in [1.54, 1.807) is 24.3 Å². The molecule has 0 radical (unpaired) electrons. The van der Waals surface area contributed by atoms with Crippen molar-refractivity contribution < 1.29 is 17.6 Å². The first-order valence-corrected chi connectivity index (χ1v) is 12.1. The molecule has 1 aliphatic heterocycles. The van der Waals surface area contributed by atoms with Crippen LogP contribution in [0.2, 0.25) is 0 Å². The fourth-order valence-corrected chi connectivity index (χ4v) is 4.90. The monoisotopic (exact) mass is 515 g/mol. The van der Waals surface area contributed by atoms with E-state index in [4.69, 9.17) is 0 Å². The van der Waals surface area contributed by atoms with Gasteiger partial charge in [-0.2, -0.15) is 8.78 Å². The number of pyridine rings is 1. The van der Waals surface area contributed by atoms with E-state index in [1.165, 1.54) is 29.3 Å². The van der Waals surface area contributed by atoms with Crippen LogP contribution >= 0.6 is 0 Å². The van der Waals surface area contributed by atoms with Crippen molar-refractivity contribution in [1.82, 2.24) is 15.4 Å². The van der Waals surface area contributed by atoms with E-state index in [0.717, 1.165) is 22.6 Å². The third kappa shape index (κ3) is 4.56. The highest BCUT2D eigenvalue weighted by molar-refractivity contribution is 5.95. The minimum Gasteiger partial charge on any atom is -0.301 e. The lowest BCUT2D eigenvalue weighted by Crippen LogP contribution is -2.41. The number of halogens is 4. The maximum atomic E-state index is 15.0. The topological polar surface area (TPSA) is 28.2 Å². The van der Waals surface area contributed by atoms with Crippen LogP contribution in [0.25, 0.3) is 34.3 Å². The highest BCUT2D eigenvalue weighted by Crippen LogP contribution is 2.40. The van der Waals surface area contributed by atoms with Crippen LogP contribution in [-0.4, -0.2) is 15.9 Å². The lowest BCUT2D eigenvalue weighted by molar-refractivity contribution is 0.00376. The van der Waals surface area contributed by atoms with Crippen LogP contribution in [-0.2, 0) is 0 Å². The molecule has 1 atom stereocenters. The number of fused-ring (bicyclic) bond motifs is 1. The summed E-state index contributed by atoms with van der Waals surface area (Å²) >= 11 is 0. The summed E-state index contributed by atoms with van der Waals surface area (Å²) in [7, 11) is 0. The predicted molar refractivity (Wildman–Crippen MR) is 143 cm³/mol. The van der Waals surface area contributed by atoms with E-state index in [1.807, 2.05) is 24.3 Å². The molecule has 38 heavy (non-hydrogen) atoms. The summed E-state index contributed by atoms with van der Waals surface area (Å²) in [6.07, 6.45) is 0.826. The standard InChI is InChI=1S/C31H25F4N3/c1-4-17-31(34,35)20(3)38-28(21-9-13-23(32)14-10-21)18-27(37-38)29-19(2)36-26-8-6-5-7-25(26)30(29)22-11-15-24(33)16-12-22/h4-16,28,37H,1-3,17-18H2. The molecular weight excluding hydrogens is 490 g/mol. The summed E-state index contributed by atoms with van der Waals surface area (Å²) in [6.45, 7) is 11.3. The molecule has 1 aliphatic rings. The molecule has 192 valence electrons. The highest BCUT2D eigenvalue weighted by Gasteiger charge is 2.41. The number of para-hydroxylation sites is 1. The Hall–Kier alpha value is -4.39. The lowest BCUT2D eigenvalue weighted by Gasteiger charge is -2.32. The van der Waals surface area contributed by atoms with Crippen LogP contribution in [0.15, 0.2) is 97.7 Å². The molecule has 1 saturated heterocycles. The van der Waals surface area contributed by atoms with Gasteiger partial charge in [0.15, 0.2) is 0 Å². The van der Waals surface area contributed by atoms with Crippen molar-refractivity contribution in [3.8, 4) is 11.1 Å². The van der Waals surface area contributed by atoms with Crippen molar-refractivity contribution in [3.63, 3.8) is 0 Å². The first kappa shape index (κ1) is 25.3. The van der Waals surface area contributed by atoms with Gasteiger partial charge in [-0.15, -0.1) is 6.58 Å². The minimum absolute atomic E-state index is 0.269. The van der Waals surface area contributed by atoms with Crippen molar-refractivity contribution in [2.75, 3.05) is 0 Å².